The van der Waals surface area contributed by atoms with Gasteiger partial charge in [0.25, 0.3) is 0 Å². The number of carbonyl (C=O) groups excluding carboxylic acids is 3. The fraction of sp³-hybridized carbons (Fsp3) is 0.955. The van der Waals surface area contributed by atoms with Crippen molar-refractivity contribution in [1.29, 1.82) is 0 Å². The molecule has 0 fully saturated rings. The van der Waals surface area contributed by atoms with Crippen LogP contribution in [0.1, 0.15) is 369 Å². The van der Waals surface area contributed by atoms with Gasteiger partial charge >= 0.3 is 17.9 Å². The second-order valence-corrected chi connectivity index (χ2v) is 23.7. The van der Waals surface area contributed by atoms with E-state index in [1.165, 1.54) is 250 Å². The van der Waals surface area contributed by atoms with Crippen LogP contribution in [-0.2, 0) is 28.6 Å². The van der Waals surface area contributed by atoms with E-state index >= 15 is 0 Å². The largest absolute Gasteiger partial charge is 0.462 e. The number of ether oxygens (including phenoxy) is 3. The highest BCUT2D eigenvalue weighted by molar-refractivity contribution is 5.71. The van der Waals surface area contributed by atoms with Crippen molar-refractivity contribution >= 4 is 17.9 Å². The molecule has 6 nitrogen and oxygen atoms in total. The van der Waals surface area contributed by atoms with Crippen molar-refractivity contribution in [2.45, 2.75) is 375 Å². The van der Waals surface area contributed by atoms with Crippen molar-refractivity contribution < 1.29 is 28.6 Å². The zero-order valence-electron chi connectivity index (χ0n) is 49.7. The van der Waals surface area contributed by atoms with Gasteiger partial charge in [0.2, 0.25) is 0 Å². The third-order valence-corrected chi connectivity index (χ3v) is 15.9. The second-order valence-electron chi connectivity index (χ2n) is 23.7. The maximum Gasteiger partial charge on any atom is 0.306 e. The van der Waals surface area contributed by atoms with E-state index in [0.29, 0.717) is 19.3 Å². The van der Waals surface area contributed by atoms with Crippen LogP contribution in [0, 0.1) is 17.8 Å². The maximum atomic E-state index is 12.9. The molecule has 0 aliphatic heterocycles. The lowest BCUT2D eigenvalue weighted by atomic mass is 9.99. The van der Waals surface area contributed by atoms with E-state index in [2.05, 4.69) is 41.5 Å². The minimum absolute atomic E-state index is 0.0626. The van der Waals surface area contributed by atoms with E-state index in [1.54, 1.807) is 0 Å². The van der Waals surface area contributed by atoms with E-state index in [0.717, 1.165) is 75.5 Å². The average Bonchev–Trinajstić information content (AvgIpc) is 3.37. The van der Waals surface area contributed by atoms with E-state index < -0.39 is 6.10 Å². The first-order chi connectivity index (χ1) is 35.2. The van der Waals surface area contributed by atoms with Crippen molar-refractivity contribution in [3.8, 4) is 0 Å². The third kappa shape index (κ3) is 56.1. The molecule has 428 valence electrons. The summed E-state index contributed by atoms with van der Waals surface area (Å²) in [6.45, 7) is 13.9. The summed E-state index contributed by atoms with van der Waals surface area (Å²) in [5.41, 5.74) is 0. The lowest BCUT2D eigenvalue weighted by Gasteiger charge is -2.18. The summed E-state index contributed by atoms with van der Waals surface area (Å²) in [4.78, 5) is 38.3. The summed E-state index contributed by atoms with van der Waals surface area (Å²) < 4.78 is 17.0. The van der Waals surface area contributed by atoms with E-state index in [-0.39, 0.29) is 31.1 Å². The Morgan fingerprint density at radius 1 is 0.278 bits per heavy atom. The Bertz CT molecular complexity index is 1120. The Hall–Kier alpha value is -1.59. The molecule has 0 aromatic heterocycles. The predicted octanol–water partition coefficient (Wildman–Crippen LogP) is 21.8. The van der Waals surface area contributed by atoms with Crippen LogP contribution in [-0.4, -0.2) is 37.2 Å². The Balaban J connectivity index is 4.26. The smallest absolute Gasteiger partial charge is 0.306 e. The molecule has 0 aromatic carbocycles. The molecule has 0 bridgehead atoms. The molecule has 0 aromatic rings. The molecule has 0 aliphatic carbocycles. The summed E-state index contributed by atoms with van der Waals surface area (Å²) >= 11 is 0. The van der Waals surface area contributed by atoms with Gasteiger partial charge in [-0.1, -0.05) is 330 Å². The van der Waals surface area contributed by atoms with Crippen molar-refractivity contribution in [1.82, 2.24) is 0 Å². The number of hydrogen-bond donors (Lipinski definition) is 0. The molecule has 6 heteroatoms. The van der Waals surface area contributed by atoms with Gasteiger partial charge in [-0.3, -0.25) is 14.4 Å². The van der Waals surface area contributed by atoms with Crippen LogP contribution in [0.15, 0.2) is 0 Å². The van der Waals surface area contributed by atoms with E-state index in [9.17, 15) is 14.4 Å². The Kier molecular flexibility index (Phi) is 55.9. The lowest BCUT2D eigenvalue weighted by Crippen LogP contribution is -2.30. The first-order valence-electron chi connectivity index (χ1n) is 32.7. The topological polar surface area (TPSA) is 78.9 Å². The second kappa shape index (κ2) is 57.1. The van der Waals surface area contributed by atoms with Crippen LogP contribution in [0.3, 0.4) is 0 Å². The molecule has 2 unspecified atom stereocenters. The molecule has 0 aliphatic rings. The van der Waals surface area contributed by atoms with Gasteiger partial charge in [0.15, 0.2) is 6.10 Å². The zero-order valence-corrected chi connectivity index (χ0v) is 49.7. The van der Waals surface area contributed by atoms with Crippen molar-refractivity contribution in [2.24, 2.45) is 17.8 Å². The van der Waals surface area contributed by atoms with Gasteiger partial charge in [0.1, 0.15) is 13.2 Å². The number of rotatable bonds is 59. The first-order valence-corrected chi connectivity index (χ1v) is 32.7. The zero-order chi connectivity index (χ0) is 52.6. The van der Waals surface area contributed by atoms with Gasteiger partial charge in [-0.15, -0.1) is 0 Å². The average molecular weight is 1020 g/mol. The summed E-state index contributed by atoms with van der Waals surface area (Å²) in [6, 6.07) is 0. The highest BCUT2D eigenvalue weighted by atomic mass is 16.6. The first kappa shape index (κ1) is 70.4. The van der Waals surface area contributed by atoms with Gasteiger partial charge in [-0.2, -0.15) is 0 Å². The van der Waals surface area contributed by atoms with Gasteiger partial charge < -0.3 is 14.2 Å². The summed E-state index contributed by atoms with van der Waals surface area (Å²) in [7, 11) is 0. The summed E-state index contributed by atoms with van der Waals surface area (Å²) in [6.07, 6.45) is 62.4. The van der Waals surface area contributed by atoms with E-state index in [1.807, 2.05) is 0 Å². The molecular weight excluding hydrogens is 889 g/mol. The molecule has 0 radical (unpaired) electrons. The molecule has 72 heavy (non-hydrogen) atoms. The van der Waals surface area contributed by atoms with Crippen LogP contribution < -0.4 is 0 Å². The SMILES string of the molecule is CCC(C)CCCCCCCCCCCCCCCCCCCCC(=O)OC[C@H](COC(=O)CCCCCCCCCCCCC(C)CC)OC(=O)CCCCCCCCCCCCCCCCCC(C)C. The standard InChI is InChI=1S/C66H128O6/c1-7-61(5)53-47-41-35-29-23-19-15-11-9-10-12-16-20-24-31-37-43-49-55-64(67)70-58-63(59-71-65(68)56-50-44-38-32-27-26-30-36-42-48-54-62(6)8-2)72-66(69)57-51-45-39-33-25-21-17-13-14-18-22-28-34-40-46-52-60(3)4/h60-63H,7-59H2,1-6H3/t61?,62?,63-/m1/s1. The maximum absolute atomic E-state index is 12.9. The van der Waals surface area contributed by atoms with Crippen LogP contribution >= 0.6 is 0 Å². The molecule has 0 saturated heterocycles. The third-order valence-electron chi connectivity index (χ3n) is 15.9. The quantitative estimate of drug-likeness (QED) is 0.0343. The summed E-state index contributed by atoms with van der Waals surface area (Å²) in [5, 5.41) is 0. The number of hydrogen-bond acceptors (Lipinski definition) is 6. The van der Waals surface area contributed by atoms with Crippen LogP contribution in [0.25, 0.3) is 0 Å². The molecule has 0 rings (SSSR count). The van der Waals surface area contributed by atoms with E-state index in [4.69, 9.17) is 14.2 Å². The van der Waals surface area contributed by atoms with Crippen molar-refractivity contribution in [3.63, 3.8) is 0 Å². The minimum Gasteiger partial charge on any atom is -0.462 e. The van der Waals surface area contributed by atoms with Crippen molar-refractivity contribution in [2.75, 3.05) is 13.2 Å². The lowest BCUT2D eigenvalue weighted by molar-refractivity contribution is -0.167. The van der Waals surface area contributed by atoms with Crippen LogP contribution in [0.4, 0.5) is 0 Å². The Morgan fingerprint density at radius 3 is 0.722 bits per heavy atom. The monoisotopic (exact) mass is 1020 g/mol. The normalized spacial score (nSPS) is 12.9. The predicted molar refractivity (Wildman–Crippen MR) is 312 cm³/mol. The number of esters is 3. The highest BCUT2D eigenvalue weighted by Gasteiger charge is 2.20. The van der Waals surface area contributed by atoms with Gasteiger partial charge in [0, 0.05) is 19.3 Å². The van der Waals surface area contributed by atoms with Gasteiger partial charge in [-0.25, -0.2) is 0 Å². The Morgan fingerprint density at radius 2 is 0.486 bits per heavy atom. The molecule has 0 saturated carbocycles. The number of carbonyl (C=O) groups is 3. The molecule has 0 heterocycles. The fourth-order valence-corrected chi connectivity index (χ4v) is 10.2. The number of unbranched alkanes of at least 4 members (excludes halogenated alkanes) is 40. The van der Waals surface area contributed by atoms with Crippen LogP contribution in [0.2, 0.25) is 0 Å². The summed E-state index contributed by atoms with van der Waals surface area (Å²) in [5.74, 6) is 1.79. The Labute approximate surface area is 450 Å². The van der Waals surface area contributed by atoms with Crippen LogP contribution in [0.5, 0.6) is 0 Å². The molecule has 0 N–H and O–H groups in total. The fourth-order valence-electron chi connectivity index (χ4n) is 10.2. The van der Waals surface area contributed by atoms with Crippen molar-refractivity contribution in [3.05, 3.63) is 0 Å². The molecule has 0 amide bonds. The van der Waals surface area contributed by atoms with Gasteiger partial charge in [-0.05, 0) is 37.0 Å². The van der Waals surface area contributed by atoms with Gasteiger partial charge in [0.05, 0.1) is 0 Å². The molecular formula is C66H128O6. The molecule has 0 spiro atoms. The minimum atomic E-state index is -0.765. The highest BCUT2D eigenvalue weighted by Crippen LogP contribution is 2.20. The molecule has 3 atom stereocenters.